The van der Waals surface area contributed by atoms with Gasteiger partial charge in [0.05, 0.1) is 0 Å². The van der Waals surface area contributed by atoms with Crippen molar-refractivity contribution < 1.29 is 0 Å². The van der Waals surface area contributed by atoms with Crippen molar-refractivity contribution in [3.05, 3.63) is 12.1 Å². The van der Waals surface area contributed by atoms with Gasteiger partial charge in [-0.1, -0.05) is 6.08 Å². The van der Waals surface area contributed by atoms with E-state index in [0.29, 0.717) is 0 Å². The van der Waals surface area contributed by atoms with Gasteiger partial charge in [-0.15, -0.1) is 5.98 Å². The van der Waals surface area contributed by atoms with Gasteiger partial charge in [-0.25, -0.2) is 0 Å². The van der Waals surface area contributed by atoms with E-state index in [1.807, 2.05) is 13.4 Å². The van der Waals surface area contributed by atoms with Crippen molar-refractivity contribution in [1.82, 2.24) is 5.23 Å². The summed E-state index contributed by atoms with van der Waals surface area (Å²) in [6.45, 7) is 1.01. The Morgan fingerprint density at radius 2 is 2.80 bits per heavy atom. The van der Waals surface area contributed by atoms with E-state index in [0.717, 1.165) is 6.54 Å². The molecule has 1 radical (unpaired) electrons. The summed E-state index contributed by atoms with van der Waals surface area (Å²) in [5.41, 5.74) is 0. The zero-order valence-electron chi connectivity index (χ0n) is 2.94. The minimum absolute atomic E-state index is 1.01. The Morgan fingerprint density at radius 3 is 3.00 bits per heavy atom. The maximum atomic E-state index is 2.99. The number of nitrogens with one attached hydrogen (secondary N) is 1. The third kappa shape index (κ3) is 0.517. The molecule has 1 rings (SSSR count). The predicted molar refractivity (Wildman–Crippen MR) is 22.9 cm³/mol. The fourth-order valence-electron chi connectivity index (χ4n) is 0.340. The lowest BCUT2D eigenvalue weighted by atomic mass is 10.00. The molecule has 25 valence electrons. The molecular weight excluding hydrogens is 60.9 g/mol. The molecule has 0 fully saturated rings. The Kier molecular flexibility index (Phi) is 0.754. The molecule has 2 heteroatoms. The van der Waals surface area contributed by atoms with Crippen LogP contribution in [0.1, 0.15) is 0 Å². The lowest BCUT2D eigenvalue weighted by Gasteiger charge is -1.75. The fourth-order valence-corrected chi connectivity index (χ4v) is 0.340. The van der Waals surface area contributed by atoms with Gasteiger partial charge in [0, 0.05) is 6.54 Å². The van der Waals surface area contributed by atoms with Crippen molar-refractivity contribution in [3.8, 4) is 0 Å². The molecule has 0 saturated heterocycles. The highest BCUT2D eigenvalue weighted by Crippen LogP contribution is 1.72. The first kappa shape index (κ1) is 2.97. The van der Waals surface area contributed by atoms with Gasteiger partial charge in [0.2, 0.25) is 7.41 Å². The smallest absolute Gasteiger partial charge is 0.236 e. The molecule has 1 nitrogen and oxygen atoms in total. The molecule has 0 spiro atoms. The number of hydrogen-bond acceptors (Lipinski definition) is 1. The molecule has 1 heterocycles. The Bertz CT molecular complexity index is 44.9. The normalized spacial score (nSPS) is 19.2. The van der Waals surface area contributed by atoms with Gasteiger partial charge in [0.25, 0.3) is 0 Å². The maximum Gasteiger partial charge on any atom is 0.236 e. The quantitative estimate of drug-likeness (QED) is 0.383. The summed E-state index contributed by atoms with van der Waals surface area (Å²) in [5.74, 6) is 2.00. The molecule has 0 aromatic carbocycles. The summed E-state index contributed by atoms with van der Waals surface area (Å²) in [5, 5.41) is 2.99. The molecule has 0 saturated carbocycles. The highest BCUT2D eigenvalue weighted by molar-refractivity contribution is 6.40. The van der Waals surface area contributed by atoms with Gasteiger partial charge in [-0.05, 0) is 0 Å². The van der Waals surface area contributed by atoms with Crippen molar-refractivity contribution in [2.24, 2.45) is 0 Å². The van der Waals surface area contributed by atoms with Crippen LogP contribution < -0.4 is 5.23 Å². The summed E-state index contributed by atoms with van der Waals surface area (Å²) in [6.07, 6.45) is 2.07. The molecule has 0 aromatic rings. The van der Waals surface area contributed by atoms with E-state index in [1.165, 1.54) is 0 Å². The first-order chi connectivity index (χ1) is 2.50. The second kappa shape index (κ2) is 1.27. The number of hydrogen-bond donors (Lipinski definition) is 1. The molecule has 0 aliphatic carbocycles. The highest BCUT2D eigenvalue weighted by atomic mass is 14.7. The monoisotopic (exact) mass is 66.1 g/mol. The average Bonchev–Trinajstić information content (AvgIpc) is 1.76. The molecule has 0 unspecified atom stereocenters. The summed E-state index contributed by atoms with van der Waals surface area (Å²) >= 11 is 0. The lowest BCUT2D eigenvalue weighted by Crippen LogP contribution is -2.09. The molecular formula is C3H5BN. The molecule has 0 bridgehead atoms. The van der Waals surface area contributed by atoms with Crippen molar-refractivity contribution in [2.45, 2.75) is 0 Å². The molecule has 1 N–H and O–H groups in total. The van der Waals surface area contributed by atoms with E-state index in [-0.39, 0.29) is 0 Å². The van der Waals surface area contributed by atoms with Gasteiger partial charge in [-0.2, -0.15) is 0 Å². The summed E-state index contributed by atoms with van der Waals surface area (Å²) in [6, 6.07) is 0. The zero-order valence-corrected chi connectivity index (χ0v) is 2.94. The van der Waals surface area contributed by atoms with E-state index in [9.17, 15) is 0 Å². The van der Waals surface area contributed by atoms with Gasteiger partial charge >= 0.3 is 0 Å². The summed E-state index contributed by atoms with van der Waals surface area (Å²) in [7, 11) is 1.93. The van der Waals surface area contributed by atoms with E-state index < -0.39 is 0 Å². The van der Waals surface area contributed by atoms with E-state index in [4.69, 9.17) is 0 Å². The Morgan fingerprint density at radius 1 is 1.80 bits per heavy atom. The number of rotatable bonds is 0. The van der Waals surface area contributed by atoms with E-state index >= 15 is 0 Å². The van der Waals surface area contributed by atoms with Crippen LogP contribution in [0.15, 0.2) is 12.1 Å². The van der Waals surface area contributed by atoms with Crippen LogP contribution in [0.5, 0.6) is 0 Å². The van der Waals surface area contributed by atoms with Gasteiger partial charge in [0.1, 0.15) is 0 Å². The van der Waals surface area contributed by atoms with Crippen LogP contribution in [0.2, 0.25) is 0 Å². The van der Waals surface area contributed by atoms with Crippen LogP contribution in [-0.2, 0) is 0 Å². The van der Waals surface area contributed by atoms with Gasteiger partial charge in [0.15, 0.2) is 0 Å². The standard InChI is InChI=1S/C3H5BN/c1-2-4-5-3-1/h1-2,5H,3H2. The van der Waals surface area contributed by atoms with Crippen molar-refractivity contribution in [1.29, 1.82) is 0 Å². The molecule has 1 aliphatic rings. The predicted octanol–water partition coefficient (Wildman–Crippen LogP) is -0.278. The summed E-state index contributed by atoms with van der Waals surface area (Å²) in [4.78, 5) is 0. The Hall–Kier alpha value is -0.235. The van der Waals surface area contributed by atoms with E-state index in [1.54, 1.807) is 0 Å². The van der Waals surface area contributed by atoms with Gasteiger partial charge < -0.3 is 5.23 Å². The fraction of sp³-hybridized carbons (Fsp3) is 0.333. The first-order valence-corrected chi connectivity index (χ1v) is 1.72. The first-order valence-electron chi connectivity index (χ1n) is 1.72. The van der Waals surface area contributed by atoms with Gasteiger partial charge in [-0.3, -0.25) is 0 Å². The van der Waals surface area contributed by atoms with Crippen LogP contribution in [0.25, 0.3) is 0 Å². The highest BCUT2D eigenvalue weighted by Gasteiger charge is 1.85. The molecule has 1 aliphatic heterocycles. The molecule has 0 amide bonds. The second-order valence-electron chi connectivity index (χ2n) is 1.00. The minimum atomic E-state index is 1.01. The third-order valence-corrected chi connectivity index (χ3v) is 0.586. The topological polar surface area (TPSA) is 12.0 Å². The zero-order chi connectivity index (χ0) is 3.54. The van der Waals surface area contributed by atoms with Crippen LogP contribution in [0.4, 0.5) is 0 Å². The average molecular weight is 65.9 g/mol. The lowest BCUT2D eigenvalue weighted by molar-refractivity contribution is 1.13. The van der Waals surface area contributed by atoms with Crippen molar-refractivity contribution in [2.75, 3.05) is 6.54 Å². The minimum Gasteiger partial charge on any atom is -0.353 e. The van der Waals surface area contributed by atoms with Crippen LogP contribution in [0.3, 0.4) is 0 Å². The molecule has 5 heavy (non-hydrogen) atoms. The third-order valence-electron chi connectivity index (χ3n) is 0.586. The Balaban J connectivity index is 2.32. The molecule has 0 atom stereocenters. The van der Waals surface area contributed by atoms with E-state index in [2.05, 4.69) is 11.3 Å². The largest absolute Gasteiger partial charge is 0.353 e. The van der Waals surface area contributed by atoms with Crippen LogP contribution in [-0.4, -0.2) is 14.0 Å². The second-order valence-corrected chi connectivity index (χ2v) is 1.00. The van der Waals surface area contributed by atoms with Crippen molar-refractivity contribution >= 4 is 7.41 Å². The maximum absolute atomic E-state index is 2.99. The van der Waals surface area contributed by atoms with Crippen LogP contribution in [0, 0.1) is 0 Å². The Labute approximate surface area is 32.3 Å². The van der Waals surface area contributed by atoms with Crippen LogP contribution >= 0.6 is 0 Å². The van der Waals surface area contributed by atoms with Crippen molar-refractivity contribution in [3.63, 3.8) is 0 Å². The molecule has 0 aromatic heterocycles. The summed E-state index contributed by atoms with van der Waals surface area (Å²) < 4.78 is 0. The SMILES string of the molecule is [B]1C=CCN1.